The zero-order valence-corrected chi connectivity index (χ0v) is 14.8. The Hall–Kier alpha value is -3.74. The van der Waals surface area contributed by atoms with E-state index in [0.717, 1.165) is 10.8 Å². The highest BCUT2D eigenvalue weighted by Gasteiger charge is 2.36. The van der Waals surface area contributed by atoms with E-state index in [9.17, 15) is 19.7 Å². The van der Waals surface area contributed by atoms with E-state index in [1.54, 1.807) is 12.1 Å². The van der Waals surface area contributed by atoms with Crippen LogP contribution in [-0.4, -0.2) is 23.3 Å². The number of benzene rings is 3. The Bertz CT molecular complexity index is 1080. The van der Waals surface area contributed by atoms with Gasteiger partial charge < -0.3 is 9.64 Å². The third-order valence-corrected chi connectivity index (χ3v) is 4.77. The molecule has 7 nitrogen and oxygen atoms in total. The van der Waals surface area contributed by atoms with E-state index in [4.69, 9.17) is 4.74 Å². The lowest BCUT2D eigenvalue weighted by Crippen LogP contribution is -2.27. The van der Waals surface area contributed by atoms with Crippen molar-refractivity contribution in [3.05, 3.63) is 76.8 Å². The van der Waals surface area contributed by atoms with Crippen LogP contribution in [0.4, 0.5) is 11.4 Å². The minimum atomic E-state index is -0.589. The van der Waals surface area contributed by atoms with E-state index < -0.39 is 16.8 Å². The molecule has 1 aliphatic heterocycles. The number of anilines is 1. The van der Waals surface area contributed by atoms with Gasteiger partial charge in [0.15, 0.2) is 0 Å². The van der Waals surface area contributed by atoms with Gasteiger partial charge in [0.1, 0.15) is 5.75 Å². The molecule has 0 unspecified atom stereocenters. The number of nitrogens with zero attached hydrogens (tertiary/aromatic N) is 2. The normalized spacial score (nSPS) is 16.4. The van der Waals surface area contributed by atoms with Gasteiger partial charge in [0.05, 0.1) is 10.8 Å². The molecular weight excluding hydrogens is 360 g/mol. The predicted octanol–water partition coefficient (Wildman–Crippen LogP) is 3.71. The summed E-state index contributed by atoms with van der Waals surface area (Å²) in [6, 6.07) is 18.8. The summed E-state index contributed by atoms with van der Waals surface area (Å²) in [6.07, 6.45) is 0.0450. The number of nitro groups is 1. The largest absolute Gasteiger partial charge is 0.426 e. The smallest absolute Gasteiger partial charge is 0.316 e. The van der Waals surface area contributed by atoms with Crippen LogP contribution in [0.25, 0.3) is 10.8 Å². The fraction of sp³-hybridized carbons (Fsp3) is 0.143. The lowest BCUT2D eigenvalue weighted by molar-refractivity contribution is -0.384. The second kappa shape index (κ2) is 7.11. The van der Waals surface area contributed by atoms with Crippen molar-refractivity contribution in [2.75, 3.05) is 11.4 Å². The molecule has 1 amide bonds. The molecule has 4 rings (SSSR count). The van der Waals surface area contributed by atoms with Crippen LogP contribution in [0.2, 0.25) is 0 Å². The third kappa shape index (κ3) is 3.42. The second-order valence-corrected chi connectivity index (χ2v) is 6.61. The number of amides is 1. The van der Waals surface area contributed by atoms with Crippen LogP contribution < -0.4 is 9.64 Å². The number of fused-ring (bicyclic) bond motifs is 1. The van der Waals surface area contributed by atoms with Gasteiger partial charge >= 0.3 is 5.97 Å². The minimum absolute atomic E-state index is 0.0450. The standard InChI is InChI=1S/C21H16N2O5/c24-20-12-16(13-22(20)17-6-8-18(9-7-17)23(26)27)21(25)28-19-10-5-14-3-1-2-4-15(14)11-19/h1-11,16H,12-13H2/t16-/m1/s1. The van der Waals surface area contributed by atoms with Crippen molar-refractivity contribution < 1.29 is 19.2 Å². The molecule has 0 bridgehead atoms. The SMILES string of the molecule is O=C(Oc1ccc2ccccc2c1)[C@@H]1CC(=O)N(c2ccc([N+](=O)[O-])cc2)C1. The van der Waals surface area contributed by atoms with Gasteiger partial charge in [0.25, 0.3) is 5.69 Å². The Kier molecular flexibility index (Phi) is 4.49. The minimum Gasteiger partial charge on any atom is -0.426 e. The Morgan fingerprint density at radius 1 is 1.04 bits per heavy atom. The number of esters is 1. The molecular formula is C21H16N2O5. The molecule has 0 radical (unpaired) electrons. The Labute approximate surface area is 160 Å². The maximum Gasteiger partial charge on any atom is 0.316 e. The number of non-ortho nitro benzene ring substituents is 1. The monoisotopic (exact) mass is 376 g/mol. The first kappa shape index (κ1) is 17.7. The molecule has 3 aromatic rings. The molecule has 0 saturated carbocycles. The van der Waals surface area contributed by atoms with Gasteiger partial charge in [-0.25, -0.2) is 0 Å². The van der Waals surface area contributed by atoms with E-state index in [1.165, 1.54) is 29.2 Å². The highest BCUT2D eigenvalue weighted by Crippen LogP contribution is 2.28. The molecule has 140 valence electrons. The van der Waals surface area contributed by atoms with E-state index in [1.807, 2.05) is 30.3 Å². The number of ether oxygens (including phenoxy) is 1. The molecule has 1 fully saturated rings. The molecule has 3 aromatic carbocycles. The highest BCUT2D eigenvalue weighted by molar-refractivity contribution is 5.99. The van der Waals surface area contributed by atoms with Gasteiger partial charge in [-0.05, 0) is 35.0 Å². The molecule has 7 heteroatoms. The molecule has 1 atom stereocenters. The zero-order valence-electron chi connectivity index (χ0n) is 14.8. The first-order valence-corrected chi connectivity index (χ1v) is 8.76. The average Bonchev–Trinajstić information content (AvgIpc) is 3.10. The molecule has 0 N–H and O–H groups in total. The Balaban J connectivity index is 1.46. The van der Waals surface area contributed by atoms with Crippen molar-refractivity contribution in [1.82, 2.24) is 0 Å². The second-order valence-electron chi connectivity index (χ2n) is 6.61. The van der Waals surface area contributed by atoms with Crippen molar-refractivity contribution >= 4 is 34.0 Å². The van der Waals surface area contributed by atoms with Gasteiger partial charge in [-0.2, -0.15) is 0 Å². The number of carbonyl (C=O) groups excluding carboxylic acids is 2. The fourth-order valence-electron chi connectivity index (χ4n) is 3.30. The van der Waals surface area contributed by atoms with Crippen molar-refractivity contribution in [3.63, 3.8) is 0 Å². The molecule has 0 aliphatic carbocycles. The molecule has 0 aromatic heterocycles. The van der Waals surface area contributed by atoms with Gasteiger partial charge in [-0.15, -0.1) is 0 Å². The summed E-state index contributed by atoms with van der Waals surface area (Å²) in [4.78, 5) is 36.6. The Morgan fingerprint density at radius 3 is 2.46 bits per heavy atom. The van der Waals surface area contributed by atoms with Crippen LogP contribution in [0.15, 0.2) is 66.7 Å². The third-order valence-electron chi connectivity index (χ3n) is 4.77. The van der Waals surface area contributed by atoms with Crippen LogP contribution in [-0.2, 0) is 9.59 Å². The highest BCUT2D eigenvalue weighted by atomic mass is 16.6. The van der Waals surface area contributed by atoms with Crippen molar-refractivity contribution in [1.29, 1.82) is 0 Å². The van der Waals surface area contributed by atoms with Gasteiger partial charge in [0.2, 0.25) is 5.91 Å². The van der Waals surface area contributed by atoms with Gasteiger partial charge in [0, 0.05) is 30.8 Å². The van der Waals surface area contributed by atoms with Crippen molar-refractivity contribution in [3.8, 4) is 5.75 Å². The number of rotatable bonds is 4. The molecule has 1 saturated heterocycles. The summed E-state index contributed by atoms with van der Waals surface area (Å²) in [6.45, 7) is 0.184. The number of hydrogen-bond donors (Lipinski definition) is 0. The topological polar surface area (TPSA) is 89.8 Å². The fourth-order valence-corrected chi connectivity index (χ4v) is 3.30. The number of hydrogen-bond acceptors (Lipinski definition) is 5. The first-order chi connectivity index (χ1) is 13.5. The van der Waals surface area contributed by atoms with E-state index in [0.29, 0.717) is 11.4 Å². The quantitative estimate of drug-likeness (QED) is 0.300. The lowest BCUT2D eigenvalue weighted by Gasteiger charge is -2.16. The number of carbonyl (C=O) groups is 2. The Morgan fingerprint density at radius 2 is 1.75 bits per heavy atom. The van der Waals surface area contributed by atoms with Crippen LogP contribution in [0.5, 0.6) is 5.75 Å². The number of nitro benzene ring substituents is 1. The summed E-state index contributed by atoms with van der Waals surface area (Å²) in [5.41, 5.74) is 0.472. The predicted molar refractivity (Wildman–Crippen MR) is 103 cm³/mol. The molecule has 28 heavy (non-hydrogen) atoms. The van der Waals surface area contributed by atoms with Crippen LogP contribution >= 0.6 is 0 Å². The van der Waals surface area contributed by atoms with Gasteiger partial charge in [-0.3, -0.25) is 19.7 Å². The van der Waals surface area contributed by atoms with Crippen molar-refractivity contribution in [2.24, 2.45) is 5.92 Å². The van der Waals surface area contributed by atoms with Crippen LogP contribution in [0.1, 0.15) is 6.42 Å². The summed E-state index contributed by atoms with van der Waals surface area (Å²) >= 11 is 0. The summed E-state index contributed by atoms with van der Waals surface area (Å²) < 4.78 is 5.48. The van der Waals surface area contributed by atoms with Crippen molar-refractivity contribution in [2.45, 2.75) is 6.42 Å². The average molecular weight is 376 g/mol. The van der Waals surface area contributed by atoms with Gasteiger partial charge in [-0.1, -0.05) is 30.3 Å². The molecule has 1 heterocycles. The summed E-state index contributed by atoms with van der Waals surface area (Å²) in [5.74, 6) is -0.832. The molecule has 0 spiro atoms. The maximum absolute atomic E-state index is 12.5. The zero-order chi connectivity index (χ0) is 19.7. The molecule has 1 aliphatic rings. The lowest BCUT2D eigenvalue weighted by atomic mass is 10.1. The summed E-state index contributed by atoms with van der Waals surface area (Å²) in [5, 5.41) is 12.8. The first-order valence-electron chi connectivity index (χ1n) is 8.76. The van der Waals surface area contributed by atoms with E-state index in [-0.39, 0.29) is 24.6 Å². The van der Waals surface area contributed by atoms with Crippen LogP contribution in [0.3, 0.4) is 0 Å². The van der Waals surface area contributed by atoms with Crippen LogP contribution in [0, 0.1) is 16.0 Å². The summed E-state index contributed by atoms with van der Waals surface area (Å²) in [7, 11) is 0. The van der Waals surface area contributed by atoms with E-state index in [2.05, 4.69) is 0 Å². The van der Waals surface area contributed by atoms with E-state index >= 15 is 0 Å². The maximum atomic E-state index is 12.5.